The Hall–Kier alpha value is -1.14. The van der Waals surface area contributed by atoms with E-state index < -0.39 is 0 Å². The van der Waals surface area contributed by atoms with Gasteiger partial charge in [0.05, 0.1) is 0 Å². The summed E-state index contributed by atoms with van der Waals surface area (Å²) in [6.07, 6.45) is 3.65. The second-order valence-electron chi connectivity index (χ2n) is 7.52. The number of hydrogen-bond donors (Lipinski definition) is 1. The fourth-order valence-corrected chi connectivity index (χ4v) is 5.53. The molecule has 2 fully saturated rings. The lowest BCUT2D eigenvalue weighted by Crippen LogP contribution is -2.45. The molecule has 148 valence electrons. The van der Waals surface area contributed by atoms with Crippen molar-refractivity contribution in [2.45, 2.75) is 43.5 Å². The summed E-state index contributed by atoms with van der Waals surface area (Å²) >= 11 is 3.66. The van der Waals surface area contributed by atoms with Crippen LogP contribution >= 0.6 is 23.5 Å². The highest BCUT2D eigenvalue weighted by atomic mass is 32.2. The van der Waals surface area contributed by atoms with E-state index in [9.17, 15) is 9.59 Å². The number of carbonyl (C=O) groups excluding carboxylic acids is 2. The minimum atomic E-state index is -0.0135. The van der Waals surface area contributed by atoms with Crippen LogP contribution in [0.15, 0.2) is 35.2 Å². The molecule has 1 N–H and O–H groups in total. The molecule has 6 heteroatoms. The normalized spacial score (nSPS) is 24.3. The number of benzene rings is 1. The molecule has 1 heterocycles. The first-order valence-corrected chi connectivity index (χ1v) is 12.1. The van der Waals surface area contributed by atoms with Crippen molar-refractivity contribution >= 4 is 35.3 Å². The van der Waals surface area contributed by atoms with Crippen LogP contribution in [-0.2, 0) is 9.59 Å². The Morgan fingerprint density at radius 3 is 2.48 bits per heavy atom. The Labute approximate surface area is 171 Å². The van der Waals surface area contributed by atoms with Crippen LogP contribution in [0.25, 0.3) is 0 Å². The molecule has 1 atom stereocenters. The van der Waals surface area contributed by atoms with E-state index in [1.54, 1.807) is 11.8 Å². The summed E-state index contributed by atoms with van der Waals surface area (Å²) in [5.74, 6) is 3.55. The molecule has 0 bridgehead atoms. The fraction of sp³-hybridized carbons (Fsp3) is 0.619. The number of amides is 2. The van der Waals surface area contributed by atoms with Gasteiger partial charge in [-0.2, -0.15) is 11.8 Å². The molecule has 1 aromatic carbocycles. The van der Waals surface area contributed by atoms with Crippen LogP contribution in [0.4, 0.5) is 0 Å². The van der Waals surface area contributed by atoms with Crippen molar-refractivity contribution in [3.8, 4) is 0 Å². The van der Waals surface area contributed by atoms with Gasteiger partial charge in [0.2, 0.25) is 11.8 Å². The maximum atomic E-state index is 12.6. The molecule has 1 saturated carbocycles. The number of rotatable bonds is 6. The molecular weight excluding hydrogens is 376 g/mol. The number of nitrogens with zero attached hydrogens (tertiary/aromatic N) is 1. The second kappa shape index (κ2) is 10.4. The predicted octanol–water partition coefficient (Wildman–Crippen LogP) is 3.67. The third kappa shape index (κ3) is 6.18. The van der Waals surface area contributed by atoms with Gasteiger partial charge in [0.25, 0.3) is 0 Å². The van der Waals surface area contributed by atoms with E-state index in [4.69, 9.17) is 0 Å². The smallest absolute Gasteiger partial charge is 0.225 e. The summed E-state index contributed by atoms with van der Waals surface area (Å²) < 4.78 is 0. The van der Waals surface area contributed by atoms with Crippen LogP contribution in [0.1, 0.15) is 32.6 Å². The van der Waals surface area contributed by atoms with Gasteiger partial charge in [-0.1, -0.05) is 25.1 Å². The molecule has 27 heavy (non-hydrogen) atoms. The van der Waals surface area contributed by atoms with Crippen molar-refractivity contribution < 1.29 is 9.59 Å². The maximum Gasteiger partial charge on any atom is 0.225 e. The van der Waals surface area contributed by atoms with Crippen LogP contribution in [-0.4, -0.2) is 53.1 Å². The molecule has 2 amide bonds. The van der Waals surface area contributed by atoms with E-state index in [2.05, 4.69) is 17.4 Å². The Morgan fingerprint density at radius 1 is 1.15 bits per heavy atom. The molecule has 1 aliphatic heterocycles. The number of hydrogen-bond acceptors (Lipinski definition) is 4. The highest BCUT2D eigenvalue weighted by Crippen LogP contribution is 2.27. The largest absolute Gasteiger partial charge is 0.353 e. The van der Waals surface area contributed by atoms with Crippen molar-refractivity contribution in [2.75, 3.05) is 30.3 Å². The Kier molecular flexibility index (Phi) is 7.94. The van der Waals surface area contributed by atoms with Gasteiger partial charge in [0.15, 0.2) is 0 Å². The van der Waals surface area contributed by atoms with E-state index in [1.807, 2.05) is 41.8 Å². The maximum absolute atomic E-state index is 12.6. The van der Waals surface area contributed by atoms with E-state index in [1.165, 1.54) is 4.90 Å². The molecule has 2 aliphatic rings. The highest BCUT2D eigenvalue weighted by Gasteiger charge is 2.31. The minimum Gasteiger partial charge on any atom is -0.353 e. The topological polar surface area (TPSA) is 49.4 Å². The Balaban J connectivity index is 1.37. The van der Waals surface area contributed by atoms with Crippen LogP contribution in [0.5, 0.6) is 0 Å². The lowest BCUT2D eigenvalue weighted by Gasteiger charge is -2.34. The van der Waals surface area contributed by atoms with Crippen LogP contribution in [0.3, 0.4) is 0 Å². The summed E-state index contributed by atoms with van der Waals surface area (Å²) in [5, 5.41) is 3.21. The SMILES string of the molecule is CC(CSc1ccccc1)C(=O)NC1CCC(C(=O)N2CCSCC2)CC1. The van der Waals surface area contributed by atoms with Gasteiger partial charge in [0.1, 0.15) is 0 Å². The van der Waals surface area contributed by atoms with E-state index in [-0.39, 0.29) is 23.8 Å². The summed E-state index contributed by atoms with van der Waals surface area (Å²) in [6.45, 7) is 3.79. The van der Waals surface area contributed by atoms with Gasteiger partial charge in [-0.25, -0.2) is 0 Å². The zero-order chi connectivity index (χ0) is 19.1. The molecule has 1 aromatic rings. The first-order chi connectivity index (χ1) is 13.1. The number of carbonyl (C=O) groups is 2. The van der Waals surface area contributed by atoms with Gasteiger partial charge < -0.3 is 10.2 Å². The number of nitrogens with one attached hydrogen (secondary N) is 1. The van der Waals surface area contributed by atoms with Crippen molar-refractivity contribution in [1.82, 2.24) is 10.2 Å². The standard InChI is InChI=1S/C21H30N2O2S2/c1-16(15-27-19-5-3-2-4-6-19)20(24)22-18-9-7-17(8-10-18)21(25)23-11-13-26-14-12-23/h2-6,16-18H,7-15H2,1H3,(H,22,24). The lowest BCUT2D eigenvalue weighted by molar-refractivity contribution is -0.136. The number of thioether (sulfide) groups is 2. The Bertz CT molecular complexity index is 612. The molecule has 0 aromatic heterocycles. The summed E-state index contributed by atoms with van der Waals surface area (Å²) in [4.78, 5) is 28.4. The van der Waals surface area contributed by atoms with Gasteiger partial charge in [-0.3, -0.25) is 9.59 Å². The summed E-state index contributed by atoms with van der Waals surface area (Å²) in [6, 6.07) is 10.4. The molecule has 4 nitrogen and oxygen atoms in total. The van der Waals surface area contributed by atoms with Crippen LogP contribution < -0.4 is 5.32 Å². The summed E-state index contributed by atoms with van der Waals surface area (Å²) in [5.41, 5.74) is 0. The van der Waals surface area contributed by atoms with Crippen molar-refractivity contribution in [3.63, 3.8) is 0 Å². The lowest BCUT2D eigenvalue weighted by atomic mass is 9.85. The Morgan fingerprint density at radius 2 is 1.81 bits per heavy atom. The van der Waals surface area contributed by atoms with Crippen LogP contribution in [0, 0.1) is 11.8 Å². The monoisotopic (exact) mass is 406 g/mol. The van der Waals surface area contributed by atoms with Gasteiger partial charge in [-0.05, 0) is 37.8 Å². The summed E-state index contributed by atoms with van der Waals surface area (Å²) in [7, 11) is 0. The fourth-order valence-electron chi connectivity index (χ4n) is 3.68. The average molecular weight is 407 g/mol. The minimum absolute atomic E-state index is 0.0135. The molecule has 1 saturated heterocycles. The van der Waals surface area contributed by atoms with Crippen molar-refractivity contribution in [3.05, 3.63) is 30.3 Å². The van der Waals surface area contributed by atoms with E-state index in [0.717, 1.165) is 56.0 Å². The average Bonchev–Trinajstić information content (AvgIpc) is 2.73. The zero-order valence-corrected chi connectivity index (χ0v) is 17.7. The third-order valence-corrected chi connectivity index (χ3v) is 7.65. The van der Waals surface area contributed by atoms with Crippen molar-refractivity contribution in [1.29, 1.82) is 0 Å². The first kappa shape index (κ1) is 20.6. The zero-order valence-electron chi connectivity index (χ0n) is 16.1. The highest BCUT2D eigenvalue weighted by molar-refractivity contribution is 7.99. The van der Waals surface area contributed by atoms with E-state index in [0.29, 0.717) is 5.91 Å². The molecule has 1 unspecified atom stereocenters. The second-order valence-corrected chi connectivity index (χ2v) is 9.84. The predicted molar refractivity (Wildman–Crippen MR) is 114 cm³/mol. The van der Waals surface area contributed by atoms with Gasteiger partial charge >= 0.3 is 0 Å². The van der Waals surface area contributed by atoms with Gasteiger partial charge in [-0.15, -0.1) is 11.8 Å². The van der Waals surface area contributed by atoms with Crippen LogP contribution in [0.2, 0.25) is 0 Å². The van der Waals surface area contributed by atoms with Crippen molar-refractivity contribution in [2.24, 2.45) is 11.8 Å². The van der Waals surface area contributed by atoms with E-state index >= 15 is 0 Å². The first-order valence-electron chi connectivity index (χ1n) is 9.98. The van der Waals surface area contributed by atoms with Gasteiger partial charge in [0, 0.05) is 53.1 Å². The molecule has 1 aliphatic carbocycles. The molecule has 0 radical (unpaired) electrons. The third-order valence-electron chi connectivity index (χ3n) is 5.44. The quantitative estimate of drug-likeness (QED) is 0.733. The molecular formula is C21H30N2O2S2. The molecule has 3 rings (SSSR count). The molecule has 0 spiro atoms.